The monoisotopic (exact) mass is 360 g/mol. The van der Waals surface area contributed by atoms with Gasteiger partial charge in [-0.3, -0.25) is 4.89 Å². The third kappa shape index (κ3) is 7.02. The molecule has 7 heteroatoms. The fourth-order valence-electron chi connectivity index (χ4n) is 2.03. The Labute approximate surface area is 151 Å². The second kappa shape index (κ2) is 11.0. The lowest BCUT2D eigenvalue weighted by molar-refractivity contribution is -0.310. The van der Waals surface area contributed by atoms with E-state index in [0.29, 0.717) is 5.56 Å². The molecule has 1 atom stereocenters. The van der Waals surface area contributed by atoms with Crippen molar-refractivity contribution in [2.45, 2.75) is 12.5 Å². The van der Waals surface area contributed by atoms with Gasteiger partial charge in [0, 0.05) is 0 Å². The molecule has 7 nitrogen and oxygen atoms in total. The summed E-state index contributed by atoms with van der Waals surface area (Å²) in [6.45, 7) is -0.327. The van der Waals surface area contributed by atoms with Crippen LogP contribution < -0.4 is 0 Å². The molecule has 2 aromatic carbocycles. The minimum absolute atomic E-state index is 0.0312. The van der Waals surface area contributed by atoms with Crippen LogP contribution in [-0.4, -0.2) is 37.1 Å². The van der Waals surface area contributed by atoms with Gasteiger partial charge in [0.25, 0.3) is 0 Å². The van der Waals surface area contributed by atoms with Crippen molar-refractivity contribution in [2.75, 3.05) is 20.0 Å². The summed E-state index contributed by atoms with van der Waals surface area (Å²) in [6, 6.07) is 17.6. The highest BCUT2D eigenvalue weighted by Gasteiger charge is 2.18. The Balaban J connectivity index is 1.51. The molecule has 0 fully saturated rings. The summed E-state index contributed by atoms with van der Waals surface area (Å²) < 4.78 is 9.90. The van der Waals surface area contributed by atoms with Crippen LogP contribution in [-0.2, 0) is 35.3 Å². The first-order valence-electron chi connectivity index (χ1n) is 8.00. The molecule has 0 aromatic heterocycles. The number of carbonyl (C=O) groups excluding carboxylic acids is 2. The van der Waals surface area contributed by atoms with E-state index in [1.165, 1.54) is 0 Å². The Bertz CT molecular complexity index is 673. The van der Waals surface area contributed by atoms with E-state index >= 15 is 0 Å². The average molecular weight is 360 g/mol. The van der Waals surface area contributed by atoms with E-state index in [9.17, 15) is 14.7 Å². The van der Waals surface area contributed by atoms with Crippen molar-refractivity contribution in [1.82, 2.24) is 0 Å². The van der Waals surface area contributed by atoms with Gasteiger partial charge in [0.15, 0.2) is 12.9 Å². The van der Waals surface area contributed by atoms with E-state index in [1.807, 2.05) is 18.2 Å². The maximum absolute atomic E-state index is 11.7. The molecule has 0 bridgehead atoms. The molecule has 2 rings (SSSR count). The van der Waals surface area contributed by atoms with Gasteiger partial charge in [-0.1, -0.05) is 60.7 Å². The van der Waals surface area contributed by atoms with Crippen molar-refractivity contribution in [3.8, 4) is 0 Å². The lowest BCUT2D eigenvalue weighted by atomic mass is 10.1. The molecule has 2 aromatic rings. The van der Waals surface area contributed by atoms with Crippen molar-refractivity contribution in [2.24, 2.45) is 0 Å². The summed E-state index contributed by atoms with van der Waals surface area (Å²) in [6.07, 6.45) is -1.25. The summed E-state index contributed by atoms with van der Waals surface area (Å²) in [5.41, 5.74) is 1.26. The van der Waals surface area contributed by atoms with E-state index < -0.39 is 18.0 Å². The Morgan fingerprint density at radius 2 is 1.58 bits per heavy atom. The molecule has 0 aliphatic heterocycles. The van der Waals surface area contributed by atoms with Crippen LogP contribution in [0.1, 0.15) is 17.2 Å². The van der Waals surface area contributed by atoms with E-state index in [0.717, 1.165) is 5.56 Å². The molecule has 0 aliphatic carbocycles. The van der Waals surface area contributed by atoms with Crippen LogP contribution >= 0.6 is 0 Å². The number of carbonyl (C=O) groups is 2. The average Bonchev–Trinajstić information content (AvgIpc) is 2.68. The lowest BCUT2D eigenvalue weighted by Crippen LogP contribution is -2.18. The molecule has 138 valence electrons. The quantitative estimate of drug-likeness (QED) is 0.228. The van der Waals surface area contributed by atoms with Gasteiger partial charge in [-0.15, -0.1) is 0 Å². The molecular weight excluding hydrogens is 340 g/mol. The first-order chi connectivity index (χ1) is 12.7. The Kier molecular flexibility index (Phi) is 8.28. The Hall–Kier alpha value is -2.74. The highest BCUT2D eigenvalue weighted by atomic mass is 17.2. The lowest BCUT2D eigenvalue weighted by Gasteiger charge is -2.11. The summed E-state index contributed by atoms with van der Waals surface area (Å²) in [4.78, 5) is 32.4. The highest BCUT2D eigenvalue weighted by Crippen LogP contribution is 2.13. The van der Waals surface area contributed by atoms with Gasteiger partial charge >= 0.3 is 11.9 Å². The molecule has 1 unspecified atom stereocenters. The van der Waals surface area contributed by atoms with Crippen LogP contribution in [0, 0.1) is 0 Å². The molecule has 0 aliphatic rings. The topological polar surface area (TPSA) is 91.3 Å². The molecule has 0 saturated heterocycles. The molecule has 0 amide bonds. The van der Waals surface area contributed by atoms with Crippen LogP contribution in [0.4, 0.5) is 0 Å². The third-order valence-electron chi connectivity index (χ3n) is 3.29. The molecule has 0 heterocycles. The number of aliphatic hydroxyl groups excluding tert-OH is 1. The first-order valence-corrected chi connectivity index (χ1v) is 8.00. The molecule has 1 N–H and O–H groups in total. The summed E-state index contributed by atoms with van der Waals surface area (Å²) in [5, 5.41) is 9.81. The minimum Gasteiger partial charge on any atom is -0.461 e. The fraction of sp³-hybridized carbons (Fsp3) is 0.263. The number of esters is 1. The highest BCUT2D eigenvalue weighted by molar-refractivity contribution is 5.76. The minimum atomic E-state index is -1.34. The van der Waals surface area contributed by atoms with Crippen LogP contribution in [0.3, 0.4) is 0 Å². The summed E-state index contributed by atoms with van der Waals surface area (Å²) >= 11 is 0. The maximum Gasteiger partial charge on any atom is 0.346 e. The number of benzene rings is 2. The largest absolute Gasteiger partial charge is 0.461 e. The van der Waals surface area contributed by atoms with Crippen LogP contribution in [0.2, 0.25) is 0 Å². The summed E-state index contributed by atoms with van der Waals surface area (Å²) in [5.74, 6) is -1.31. The van der Waals surface area contributed by atoms with Crippen molar-refractivity contribution in [3.05, 3.63) is 71.8 Å². The van der Waals surface area contributed by atoms with E-state index in [1.54, 1.807) is 42.5 Å². The van der Waals surface area contributed by atoms with E-state index in [2.05, 4.69) is 9.78 Å². The number of aliphatic hydroxyl groups is 1. The van der Waals surface area contributed by atoms with Gasteiger partial charge in [0.05, 0.1) is 13.0 Å². The Morgan fingerprint density at radius 3 is 2.27 bits per heavy atom. The van der Waals surface area contributed by atoms with E-state index in [-0.39, 0.29) is 26.4 Å². The second-order valence-corrected chi connectivity index (χ2v) is 5.24. The smallest absolute Gasteiger partial charge is 0.346 e. The second-order valence-electron chi connectivity index (χ2n) is 5.24. The Morgan fingerprint density at radius 1 is 0.923 bits per heavy atom. The van der Waals surface area contributed by atoms with Gasteiger partial charge in [-0.2, -0.15) is 4.89 Å². The number of rotatable bonds is 10. The van der Waals surface area contributed by atoms with Gasteiger partial charge < -0.3 is 14.6 Å². The van der Waals surface area contributed by atoms with Crippen molar-refractivity contribution in [1.29, 1.82) is 0 Å². The van der Waals surface area contributed by atoms with Crippen LogP contribution in [0.25, 0.3) is 0 Å². The SMILES string of the molecule is O=C(Cc1ccccc1)OOCOCCOC(=O)C(O)c1ccccc1. The van der Waals surface area contributed by atoms with Gasteiger partial charge in [-0.25, -0.2) is 9.59 Å². The molecule has 0 spiro atoms. The van der Waals surface area contributed by atoms with Gasteiger partial charge in [-0.05, 0) is 11.1 Å². The van der Waals surface area contributed by atoms with Crippen molar-refractivity contribution in [3.63, 3.8) is 0 Å². The normalized spacial score (nSPS) is 11.6. The number of hydrogen-bond acceptors (Lipinski definition) is 7. The molecule has 0 saturated carbocycles. The fourth-order valence-corrected chi connectivity index (χ4v) is 2.03. The van der Waals surface area contributed by atoms with Crippen molar-refractivity contribution >= 4 is 11.9 Å². The standard InChI is InChI=1S/C19H20O7/c20-17(13-15-7-3-1-4-8-15)26-25-14-23-11-12-24-19(22)18(21)16-9-5-2-6-10-16/h1-10,18,21H,11-14H2. The van der Waals surface area contributed by atoms with Gasteiger partial charge in [0.2, 0.25) is 0 Å². The maximum atomic E-state index is 11.7. The zero-order chi connectivity index (χ0) is 18.6. The molecular formula is C19H20O7. The van der Waals surface area contributed by atoms with E-state index in [4.69, 9.17) is 9.47 Å². The molecule has 26 heavy (non-hydrogen) atoms. The predicted octanol–water partition coefficient (Wildman–Crippen LogP) is 1.95. The molecule has 0 radical (unpaired) electrons. The van der Waals surface area contributed by atoms with Gasteiger partial charge in [0.1, 0.15) is 6.61 Å². The first kappa shape index (κ1) is 19.6. The predicted molar refractivity (Wildman–Crippen MR) is 90.5 cm³/mol. The number of hydrogen-bond donors (Lipinski definition) is 1. The number of ether oxygens (including phenoxy) is 2. The summed E-state index contributed by atoms with van der Waals surface area (Å²) in [7, 11) is 0. The van der Waals surface area contributed by atoms with Crippen LogP contribution in [0.15, 0.2) is 60.7 Å². The van der Waals surface area contributed by atoms with Crippen LogP contribution in [0.5, 0.6) is 0 Å². The van der Waals surface area contributed by atoms with Crippen molar-refractivity contribution < 1.29 is 33.9 Å². The zero-order valence-electron chi connectivity index (χ0n) is 14.1. The third-order valence-corrected chi connectivity index (χ3v) is 3.29. The zero-order valence-corrected chi connectivity index (χ0v) is 14.1.